The van der Waals surface area contributed by atoms with Crippen LogP contribution in [0.3, 0.4) is 0 Å². The standard InChI is InChI=1S/C9H14N4O2/c1-8(12-15)9(14)11-3-2-5-13-6-4-10-7-13/h4,6-7,15H,2-3,5H2,1H3,(H,11,14). The molecule has 1 amide bonds. The maximum atomic E-state index is 11.1. The third kappa shape index (κ3) is 3.80. The molecule has 2 N–H and O–H groups in total. The van der Waals surface area contributed by atoms with Crippen molar-refractivity contribution >= 4 is 11.6 Å². The maximum absolute atomic E-state index is 11.1. The van der Waals surface area contributed by atoms with E-state index in [1.54, 1.807) is 12.5 Å². The van der Waals surface area contributed by atoms with Crippen LogP contribution in [0.4, 0.5) is 0 Å². The van der Waals surface area contributed by atoms with Gasteiger partial charge in [0.15, 0.2) is 0 Å². The average molecular weight is 210 g/mol. The van der Waals surface area contributed by atoms with Gasteiger partial charge in [-0.25, -0.2) is 4.98 Å². The highest BCUT2D eigenvalue weighted by Gasteiger charge is 2.04. The molecule has 15 heavy (non-hydrogen) atoms. The molecule has 82 valence electrons. The zero-order valence-corrected chi connectivity index (χ0v) is 8.55. The highest BCUT2D eigenvalue weighted by molar-refractivity contribution is 6.37. The maximum Gasteiger partial charge on any atom is 0.268 e. The summed E-state index contributed by atoms with van der Waals surface area (Å²) in [6.07, 6.45) is 6.10. The van der Waals surface area contributed by atoms with Crippen LogP contribution in [-0.4, -0.2) is 32.9 Å². The van der Waals surface area contributed by atoms with E-state index in [1.807, 2.05) is 10.8 Å². The molecular formula is C9H14N4O2. The number of amides is 1. The number of nitrogens with one attached hydrogen (secondary N) is 1. The van der Waals surface area contributed by atoms with Crippen molar-refractivity contribution in [2.75, 3.05) is 6.54 Å². The van der Waals surface area contributed by atoms with E-state index in [0.29, 0.717) is 6.54 Å². The molecular weight excluding hydrogens is 196 g/mol. The number of nitrogens with zero attached hydrogens (tertiary/aromatic N) is 3. The van der Waals surface area contributed by atoms with Crippen molar-refractivity contribution in [1.82, 2.24) is 14.9 Å². The molecule has 1 heterocycles. The fraction of sp³-hybridized carbons (Fsp3) is 0.444. The summed E-state index contributed by atoms with van der Waals surface area (Å²) in [6, 6.07) is 0. The summed E-state index contributed by atoms with van der Waals surface area (Å²) in [6.45, 7) is 2.80. The topological polar surface area (TPSA) is 79.5 Å². The minimum Gasteiger partial charge on any atom is -0.410 e. The Bertz CT molecular complexity index is 332. The molecule has 0 aliphatic heterocycles. The molecule has 6 nitrogen and oxygen atoms in total. The van der Waals surface area contributed by atoms with Crippen LogP contribution in [-0.2, 0) is 11.3 Å². The predicted molar refractivity (Wildman–Crippen MR) is 54.7 cm³/mol. The Hall–Kier alpha value is -1.85. The number of aromatic nitrogens is 2. The summed E-state index contributed by atoms with van der Waals surface area (Å²) >= 11 is 0. The lowest BCUT2D eigenvalue weighted by Crippen LogP contribution is -2.30. The van der Waals surface area contributed by atoms with Crippen molar-refractivity contribution in [3.63, 3.8) is 0 Å². The quantitative estimate of drug-likeness (QED) is 0.316. The van der Waals surface area contributed by atoms with Gasteiger partial charge in [0.25, 0.3) is 5.91 Å². The van der Waals surface area contributed by atoms with Crippen LogP contribution in [0.5, 0.6) is 0 Å². The number of carbonyl (C=O) groups excluding carboxylic acids is 1. The summed E-state index contributed by atoms with van der Waals surface area (Å²) < 4.78 is 1.93. The zero-order valence-electron chi connectivity index (χ0n) is 8.55. The Morgan fingerprint density at radius 1 is 1.67 bits per heavy atom. The van der Waals surface area contributed by atoms with Gasteiger partial charge in [-0.05, 0) is 13.3 Å². The molecule has 0 bridgehead atoms. The van der Waals surface area contributed by atoms with E-state index in [2.05, 4.69) is 15.5 Å². The normalized spacial score (nSPS) is 11.4. The molecule has 1 aromatic rings. The molecule has 0 fully saturated rings. The van der Waals surface area contributed by atoms with E-state index in [4.69, 9.17) is 5.21 Å². The number of carbonyl (C=O) groups is 1. The molecule has 0 atom stereocenters. The minimum atomic E-state index is -0.344. The zero-order chi connectivity index (χ0) is 11.1. The molecule has 0 saturated carbocycles. The molecule has 1 aromatic heterocycles. The summed E-state index contributed by atoms with van der Waals surface area (Å²) in [7, 11) is 0. The lowest BCUT2D eigenvalue weighted by atomic mass is 10.3. The van der Waals surface area contributed by atoms with Crippen molar-refractivity contribution < 1.29 is 10.0 Å². The summed E-state index contributed by atoms with van der Waals surface area (Å²) in [5.41, 5.74) is 0.0673. The van der Waals surface area contributed by atoms with Gasteiger partial charge in [-0.15, -0.1) is 0 Å². The van der Waals surface area contributed by atoms with Gasteiger partial charge in [-0.3, -0.25) is 4.79 Å². The van der Waals surface area contributed by atoms with E-state index in [0.717, 1.165) is 13.0 Å². The molecule has 0 radical (unpaired) electrons. The van der Waals surface area contributed by atoms with Gasteiger partial charge in [0, 0.05) is 25.5 Å². The van der Waals surface area contributed by atoms with Crippen LogP contribution in [0.2, 0.25) is 0 Å². The monoisotopic (exact) mass is 210 g/mol. The second-order valence-corrected chi connectivity index (χ2v) is 3.10. The number of hydrogen-bond donors (Lipinski definition) is 2. The van der Waals surface area contributed by atoms with Crippen molar-refractivity contribution in [2.24, 2.45) is 5.16 Å². The van der Waals surface area contributed by atoms with Crippen molar-refractivity contribution in [1.29, 1.82) is 0 Å². The van der Waals surface area contributed by atoms with Gasteiger partial charge >= 0.3 is 0 Å². The second-order valence-electron chi connectivity index (χ2n) is 3.10. The van der Waals surface area contributed by atoms with Gasteiger partial charge in [0.1, 0.15) is 5.71 Å². The molecule has 6 heteroatoms. The largest absolute Gasteiger partial charge is 0.410 e. The van der Waals surface area contributed by atoms with Gasteiger partial charge in [-0.1, -0.05) is 5.16 Å². The first-order valence-corrected chi connectivity index (χ1v) is 4.66. The van der Waals surface area contributed by atoms with Crippen LogP contribution >= 0.6 is 0 Å². The van der Waals surface area contributed by atoms with E-state index >= 15 is 0 Å². The van der Waals surface area contributed by atoms with Crippen LogP contribution in [0.1, 0.15) is 13.3 Å². The number of hydrogen-bond acceptors (Lipinski definition) is 4. The Kier molecular flexibility index (Phi) is 4.33. The molecule has 0 spiro atoms. The third-order valence-corrected chi connectivity index (χ3v) is 1.92. The van der Waals surface area contributed by atoms with Crippen LogP contribution in [0.25, 0.3) is 0 Å². The highest BCUT2D eigenvalue weighted by atomic mass is 16.4. The Morgan fingerprint density at radius 2 is 2.47 bits per heavy atom. The first kappa shape index (κ1) is 11.2. The van der Waals surface area contributed by atoms with Crippen molar-refractivity contribution in [3.8, 4) is 0 Å². The minimum absolute atomic E-state index is 0.0673. The lowest BCUT2D eigenvalue weighted by Gasteiger charge is -2.04. The number of oxime groups is 1. The lowest BCUT2D eigenvalue weighted by molar-refractivity contribution is -0.114. The highest BCUT2D eigenvalue weighted by Crippen LogP contribution is 1.89. The second kappa shape index (κ2) is 5.79. The Labute approximate surface area is 87.6 Å². The van der Waals surface area contributed by atoms with E-state index < -0.39 is 0 Å². The summed E-state index contributed by atoms with van der Waals surface area (Å²) in [4.78, 5) is 15.0. The van der Waals surface area contributed by atoms with Crippen LogP contribution in [0.15, 0.2) is 23.9 Å². The average Bonchev–Trinajstić information content (AvgIpc) is 2.75. The summed E-state index contributed by atoms with van der Waals surface area (Å²) in [5.74, 6) is -0.344. The SMILES string of the molecule is CC(=NO)C(=O)NCCCn1ccnc1. The van der Waals surface area contributed by atoms with Crippen LogP contribution in [0, 0.1) is 0 Å². The van der Waals surface area contributed by atoms with E-state index in [9.17, 15) is 4.79 Å². The molecule has 0 saturated heterocycles. The Morgan fingerprint density at radius 3 is 3.07 bits per heavy atom. The number of imidazole rings is 1. The van der Waals surface area contributed by atoms with E-state index in [-0.39, 0.29) is 11.6 Å². The van der Waals surface area contributed by atoms with Crippen molar-refractivity contribution in [3.05, 3.63) is 18.7 Å². The first-order valence-electron chi connectivity index (χ1n) is 4.66. The fourth-order valence-corrected chi connectivity index (χ4v) is 1.06. The molecule has 1 rings (SSSR count). The Balaban J connectivity index is 2.15. The third-order valence-electron chi connectivity index (χ3n) is 1.92. The fourth-order valence-electron chi connectivity index (χ4n) is 1.06. The number of rotatable bonds is 5. The van der Waals surface area contributed by atoms with Gasteiger partial charge < -0.3 is 15.1 Å². The number of aryl methyl sites for hydroxylation is 1. The van der Waals surface area contributed by atoms with Crippen molar-refractivity contribution in [2.45, 2.75) is 19.9 Å². The van der Waals surface area contributed by atoms with Crippen LogP contribution < -0.4 is 5.32 Å². The van der Waals surface area contributed by atoms with Gasteiger partial charge in [0.05, 0.1) is 6.33 Å². The van der Waals surface area contributed by atoms with Gasteiger partial charge in [0.2, 0.25) is 0 Å². The molecule has 0 aliphatic rings. The molecule has 0 unspecified atom stereocenters. The smallest absolute Gasteiger partial charge is 0.268 e. The first-order chi connectivity index (χ1) is 7.24. The van der Waals surface area contributed by atoms with E-state index in [1.165, 1.54) is 6.92 Å². The molecule has 0 aliphatic carbocycles. The summed E-state index contributed by atoms with van der Waals surface area (Å²) in [5, 5.41) is 13.8. The van der Waals surface area contributed by atoms with Gasteiger partial charge in [-0.2, -0.15) is 0 Å². The predicted octanol–water partition coefficient (Wildman–Crippen LogP) is 0.239. The molecule has 0 aromatic carbocycles.